The Morgan fingerprint density at radius 1 is 1.33 bits per heavy atom. The Hall–Kier alpha value is 1.13. The van der Waals surface area contributed by atoms with Crippen molar-refractivity contribution in [1.82, 2.24) is 0 Å². The molecule has 0 amide bonds. The van der Waals surface area contributed by atoms with E-state index >= 15 is 0 Å². The normalized spacial score (nSPS) is 9.67. The van der Waals surface area contributed by atoms with Gasteiger partial charge in [0.05, 0.1) is 0 Å². The van der Waals surface area contributed by atoms with Crippen molar-refractivity contribution in [3.63, 3.8) is 0 Å². The van der Waals surface area contributed by atoms with Gasteiger partial charge < -0.3 is 0 Å². The summed E-state index contributed by atoms with van der Waals surface area (Å²) in [6.07, 6.45) is 0. The molecular formula is H8CaO4S. The van der Waals surface area contributed by atoms with Crippen molar-refractivity contribution in [3.05, 3.63) is 0 Å². The average molecular weight is 144 g/mol. The fourth-order valence-corrected chi connectivity index (χ4v) is 0. The van der Waals surface area contributed by atoms with Crippen LogP contribution in [0, 0.1) is 0 Å². The molecule has 4 nitrogen and oxygen atoms in total. The van der Waals surface area contributed by atoms with Gasteiger partial charge in [0.1, 0.15) is 0 Å². The first-order valence-electron chi connectivity index (χ1n) is 0.698. The zero-order chi connectivity index (χ0) is 4.50. The summed E-state index contributed by atoms with van der Waals surface area (Å²) in [6.45, 7) is 0. The van der Waals surface area contributed by atoms with Crippen LogP contribution in [0.4, 0.5) is 0 Å². The Kier molecular flexibility index (Phi) is 5.38. The van der Waals surface area contributed by atoms with Crippen LogP contribution < -0.4 is 0 Å². The quantitative estimate of drug-likeness (QED) is 0.335. The van der Waals surface area contributed by atoms with Gasteiger partial charge in [0.15, 0.2) is 0 Å². The fraction of sp³-hybridized carbons (Fsp3) is 0. The van der Waals surface area contributed by atoms with E-state index in [1.54, 1.807) is 0 Å². The van der Waals surface area contributed by atoms with Gasteiger partial charge in [0.2, 0.25) is 0 Å². The predicted molar refractivity (Wildman–Crippen MR) is 26.9 cm³/mol. The monoisotopic (exact) mass is 144 g/mol. The summed E-state index contributed by atoms with van der Waals surface area (Å²) in [6, 6.07) is 0. The number of hydrogen-bond donors (Lipinski definition) is 2. The van der Waals surface area contributed by atoms with E-state index in [0.717, 1.165) is 0 Å². The second-order valence-electron chi connectivity index (χ2n) is 0.448. The average Bonchev–Trinajstić information content (AvgIpc) is 0.722. The molecule has 0 aliphatic heterocycles. The molecule has 0 fully saturated rings. The molecule has 0 spiro atoms. The summed E-state index contributed by atoms with van der Waals surface area (Å²) in [5.41, 5.74) is 0. The van der Waals surface area contributed by atoms with Crippen molar-refractivity contribution >= 4 is 48.1 Å². The van der Waals surface area contributed by atoms with Gasteiger partial charge in [0, 0.05) is 2.85 Å². The molecular weight excluding hydrogens is 136 g/mol. The maximum Gasteiger partial charge on any atom is 0 e. The predicted octanol–water partition coefficient (Wildman–Crippen LogP) is -1.08. The Morgan fingerprint density at radius 2 is 1.33 bits per heavy atom. The van der Waals surface area contributed by atoms with E-state index < -0.39 is 10.4 Å². The zero-order valence-electron chi connectivity index (χ0n) is 2.12. The van der Waals surface area contributed by atoms with Crippen LogP contribution in [0.25, 0.3) is 0 Å². The van der Waals surface area contributed by atoms with Gasteiger partial charge in [-0.3, -0.25) is 9.11 Å². The van der Waals surface area contributed by atoms with Gasteiger partial charge in [-0.25, -0.2) is 0 Å². The molecule has 0 atom stereocenters. The molecule has 6 heteroatoms. The molecule has 0 bridgehead atoms. The summed E-state index contributed by atoms with van der Waals surface area (Å²) in [7, 11) is -4.67. The van der Waals surface area contributed by atoms with Crippen molar-refractivity contribution in [3.8, 4) is 0 Å². The first kappa shape index (κ1) is 10.2. The molecule has 0 aromatic carbocycles. The fourth-order valence-electron chi connectivity index (χ4n) is 0. The van der Waals surface area contributed by atoms with Gasteiger partial charge >= 0.3 is 48.1 Å². The molecule has 0 rings (SSSR count). The third-order valence-corrected chi connectivity index (χ3v) is 0. The van der Waals surface area contributed by atoms with Crippen LogP contribution in [0.1, 0.15) is 2.85 Å². The van der Waals surface area contributed by atoms with Crippen LogP contribution in [0.3, 0.4) is 0 Å². The van der Waals surface area contributed by atoms with Crippen LogP contribution in [-0.4, -0.2) is 55.3 Å². The SMILES string of the molecule is O=S(=O)(O)O.[CaH2].[HH].[HH]. The van der Waals surface area contributed by atoms with Crippen LogP contribution in [0.2, 0.25) is 0 Å². The zero-order valence-corrected chi connectivity index (χ0v) is 2.94. The van der Waals surface area contributed by atoms with E-state index in [2.05, 4.69) is 0 Å². The Balaban J connectivity index is -0.0000000267. The van der Waals surface area contributed by atoms with Crippen molar-refractivity contribution < 1.29 is 20.4 Å². The van der Waals surface area contributed by atoms with Crippen molar-refractivity contribution in [1.29, 1.82) is 0 Å². The van der Waals surface area contributed by atoms with Gasteiger partial charge in [-0.1, -0.05) is 0 Å². The molecule has 2 N–H and O–H groups in total. The molecule has 0 aromatic rings. The number of hydrogen-bond acceptors (Lipinski definition) is 2. The molecule has 0 radical (unpaired) electrons. The van der Waals surface area contributed by atoms with E-state index in [0.29, 0.717) is 0 Å². The molecule has 40 valence electrons. The minimum atomic E-state index is -4.67. The maximum absolute atomic E-state index is 8.74. The third-order valence-electron chi connectivity index (χ3n) is 0. The summed E-state index contributed by atoms with van der Waals surface area (Å²) >= 11 is 0. The minimum Gasteiger partial charge on any atom is 0 e. The van der Waals surface area contributed by atoms with E-state index in [9.17, 15) is 0 Å². The van der Waals surface area contributed by atoms with E-state index in [1.165, 1.54) is 0 Å². The Labute approximate surface area is 68.1 Å². The second kappa shape index (κ2) is 3.17. The van der Waals surface area contributed by atoms with E-state index in [1.807, 2.05) is 0 Å². The Bertz CT molecular complexity index is 97.2. The molecule has 0 aliphatic carbocycles. The molecule has 6 heavy (non-hydrogen) atoms. The van der Waals surface area contributed by atoms with Gasteiger partial charge in [-0.2, -0.15) is 8.42 Å². The first-order valence-corrected chi connectivity index (χ1v) is 2.10. The molecule has 0 unspecified atom stereocenters. The van der Waals surface area contributed by atoms with Gasteiger partial charge in [-0.05, 0) is 0 Å². The Morgan fingerprint density at radius 3 is 1.33 bits per heavy atom. The van der Waals surface area contributed by atoms with Crippen LogP contribution in [0.5, 0.6) is 0 Å². The maximum atomic E-state index is 8.74. The first-order chi connectivity index (χ1) is 2.00. The van der Waals surface area contributed by atoms with Crippen LogP contribution >= 0.6 is 0 Å². The summed E-state index contributed by atoms with van der Waals surface area (Å²) < 4.78 is 31.6. The topological polar surface area (TPSA) is 74.6 Å². The molecule has 0 heterocycles. The smallest absolute Gasteiger partial charge is 0 e. The van der Waals surface area contributed by atoms with Gasteiger partial charge in [-0.15, -0.1) is 0 Å². The standard InChI is InChI=1S/Ca.H2O4S.2H2.2H/c;1-5(2,3)4;;;;/h;(H2,1,2,3,4);2*1H;;. The summed E-state index contributed by atoms with van der Waals surface area (Å²) in [5, 5.41) is 0. The van der Waals surface area contributed by atoms with Crippen molar-refractivity contribution in [2.45, 2.75) is 0 Å². The van der Waals surface area contributed by atoms with Crippen molar-refractivity contribution in [2.24, 2.45) is 0 Å². The number of rotatable bonds is 0. The van der Waals surface area contributed by atoms with Crippen LogP contribution in [0.15, 0.2) is 0 Å². The van der Waals surface area contributed by atoms with Gasteiger partial charge in [0.25, 0.3) is 0 Å². The third kappa shape index (κ3) is 68.5. The van der Waals surface area contributed by atoms with Crippen LogP contribution in [-0.2, 0) is 10.4 Å². The van der Waals surface area contributed by atoms with Crippen molar-refractivity contribution in [2.75, 3.05) is 0 Å². The minimum absolute atomic E-state index is 0. The van der Waals surface area contributed by atoms with E-state index in [4.69, 9.17) is 17.5 Å². The molecule has 0 aliphatic rings. The molecule has 0 saturated heterocycles. The second-order valence-corrected chi connectivity index (χ2v) is 1.34. The summed E-state index contributed by atoms with van der Waals surface area (Å²) in [5.74, 6) is 0. The molecule has 0 saturated carbocycles. The molecule has 0 aromatic heterocycles. The summed E-state index contributed by atoms with van der Waals surface area (Å²) in [4.78, 5) is 0. The van der Waals surface area contributed by atoms with E-state index in [-0.39, 0.29) is 40.6 Å². The largest absolute Gasteiger partial charge is 0 e.